The second-order valence-corrected chi connectivity index (χ2v) is 7.53. The molecule has 1 atom stereocenters. The molecule has 6 nitrogen and oxygen atoms in total. The fourth-order valence-corrected chi connectivity index (χ4v) is 3.65. The minimum atomic E-state index is -0.691. The normalized spacial score (nSPS) is 18.3. The molecule has 0 aromatic heterocycles. The van der Waals surface area contributed by atoms with Gasteiger partial charge in [0.2, 0.25) is 0 Å². The van der Waals surface area contributed by atoms with Gasteiger partial charge in [-0.1, -0.05) is 28.1 Å². The average Bonchev–Trinajstić information content (AvgIpc) is 2.99. The van der Waals surface area contributed by atoms with Gasteiger partial charge in [0.25, 0.3) is 11.7 Å². The standard InChI is InChI=1S/C22H22BrNO5/c1-28-13-3-12-24-19(14-4-8-16(23)9-5-14)18(21(26)22(24)27)20(25)15-6-10-17(29-2)11-7-15/h4-11,19,25H,3,12-13H2,1-2H3/b20-18+/t19-/m1/s1. The van der Waals surface area contributed by atoms with Crippen LogP contribution in [-0.2, 0) is 14.3 Å². The molecule has 1 saturated heterocycles. The van der Waals surface area contributed by atoms with E-state index in [0.29, 0.717) is 30.9 Å². The van der Waals surface area contributed by atoms with Crippen molar-refractivity contribution in [3.63, 3.8) is 0 Å². The van der Waals surface area contributed by atoms with Crippen LogP contribution in [-0.4, -0.2) is 49.1 Å². The average molecular weight is 460 g/mol. The summed E-state index contributed by atoms with van der Waals surface area (Å²) in [5, 5.41) is 11.0. The molecule has 0 spiro atoms. The first kappa shape index (κ1) is 21.1. The summed E-state index contributed by atoms with van der Waals surface area (Å²) >= 11 is 3.40. The number of hydrogen-bond donors (Lipinski definition) is 1. The van der Waals surface area contributed by atoms with Crippen LogP contribution in [0, 0.1) is 0 Å². The summed E-state index contributed by atoms with van der Waals surface area (Å²) in [5.41, 5.74) is 1.28. The fourth-order valence-electron chi connectivity index (χ4n) is 3.39. The van der Waals surface area contributed by atoms with Gasteiger partial charge in [-0.15, -0.1) is 0 Å². The van der Waals surface area contributed by atoms with Gasteiger partial charge in [0, 0.05) is 30.3 Å². The number of ketones is 1. The molecule has 2 aromatic rings. The first-order valence-electron chi connectivity index (χ1n) is 9.15. The molecule has 0 saturated carbocycles. The molecule has 152 valence electrons. The maximum absolute atomic E-state index is 12.9. The number of rotatable bonds is 7. The molecule has 0 unspecified atom stereocenters. The van der Waals surface area contributed by atoms with E-state index in [1.165, 1.54) is 4.90 Å². The third-order valence-corrected chi connectivity index (χ3v) is 5.37. The predicted octanol–water partition coefficient (Wildman–Crippen LogP) is 3.92. The van der Waals surface area contributed by atoms with Crippen molar-refractivity contribution < 1.29 is 24.2 Å². The summed E-state index contributed by atoms with van der Waals surface area (Å²) in [4.78, 5) is 27.1. The Morgan fingerprint density at radius 3 is 2.31 bits per heavy atom. The van der Waals surface area contributed by atoms with Crippen molar-refractivity contribution in [2.24, 2.45) is 0 Å². The van der Waals surface area contributed by atoms with E-state index in [9.17, 15) is 14.7 Å². The molecule has 1 fully saturated rings. The number of ether oxygens (including phenoxy) is 2. The van der Waals surface area contributed by atoms with Gasteiger partial charge in [-0.2, -0.15) is 0 Å². The van der Waals surface area contributed by atoms with Crippen LogP contribution in [0.1, 0.15) is 23.6 Å². The van der Waals surface area contributed by atoms with E-state index in [1.54, 1.807) is 38.5 Å². The van der Waals surface area contributed by atoms with Crippen molar-refractivity contribution in [2.75, 3.05) is 27.4 Å². The number of aliphatic hydroxyl groups excluding tert-OH is 1. The number of Topliss-reactive ketones (excluding diaryl/α,β-unsaturated/α-hetero) is 1. The highest BCUT2D eigenvalue weighted by atomic mass is 79.9. The summed E-state index contributed by atoms with van der Waals surface area (Å²) in [6.45, 7) is 0.813. The van der Waals surface area contributed by atoms with Crippen LogP contribution in [0.25, 0.3) is 5.76 Å². The maximum Gasteiger partial charge on any atom is 0.295 e. The van der Waals surface area contributed by atoms with E-state index in [4.69, 9.17) is 9.47 Å². The van der Waals surface area contributed by atoms with E-state index in [-0.39, 0.29) is 11.3 Å². The molecule has 1 amide bonds. The highest BCUT2D eigenvalue weighted by Crippen LogP contribution is 2.39. The zero-order chi connectivity index (χ0) is 21.0. The van der Waals surface area contributed by atoms with Crippen molar-refractivity contribution in [1.29, 1.82) is 0 Å². The Morgan fingerprint density at radius 1 is 1.07 bits per heavy atom. The summed E-state index contributed by atoms with van der Waals surface area (Å²) in [6.07, 6.45) is 0.582. The third-order valence-electron chi connectivity index (χ3n) is 4.84. The number of benzene rings is 2. The molecule has 0 aliphatic carbocycles. The van der Waals surface area contributed by atoms with Crippen LogP contribution in [0.15, 0.2) is 58.6 Å². The van der Waals surface area contributed by atoms with Gasteiger partial charge >= 0.3 is 0 Å². The summed E-state index contributed by atoms with van der Waals surface area (Å²) in [6, 6.07) is 13.4. The molecule has 1 aliphatic rings. The van der Waals surface area contributed by atoms with Gasteiger partial charge in [0.1, 0.15) is 11.5 Å². The predicted molar refractivity (Wildman–Crippen MR) is 113 cm³/mol. The topological polar surface area (TPSA) is 76.1 Å². The van der Waals surface area contributed by atoms with E-state index in [1.807, 2.05) is 24.3 Å². The van der Waals surface area contributed by atoms with Crippen LogP contribution >= 0.6 is 15.9 Å². The lowest BCUT2D eigenvalue weighted by molar-refractivity contribution is -0.140. The zero-order valence-electron chi connectivity index (χ0n) is 16.2. The van der Waals surface area contributed by atoms with Crippen molar-refractivity contribution >= 4 is 33.4 Å². The first-order chi connectivity index (χ1) is 14.0. The van der Waals surface area contributed by atoms with E-state index >= 15 is 0 Å². The Bertz CT molecular complexity index is 921. The molecule has 29 heavy (non-hydrogen) atoms. The number of hydrogen-bond acceptors (Lipinski definition) is 5. The van der Waals surface area contributed by atoms with Crippen molar-refractivity contribution in [3.8, 4) is 5.75 Å². The quantitative estimate of drug-likeness (QED) is 0.294. The van der Waals surface area contributed by atoms with Gasteiger partial charge in [0.15, 0.2) is 0 Å². The minimum Gasteiger partial charge on any atom is -0.507 e. The molecule has 0 radical (unpaired) electrons. The van der Waals surface area contributed by atoms with Gasteiger partial charge < -0.3 is 19.5 Å². The molecular weight excluding hydrogens is 438 g/mol. The SMILES string of the molecule is COCCCN1C(=O)C(=O)/C(=C(/O)c2ccc(OC)cc2)[C@H]1c1ccc(Br)cc1. The fraction of sp³-hybridized carbons (Fsp3) is 0.273. The van der Waals surface area contributed by atoms with Crippen molar-refractivity contribution in [1.82, 2.24) is 4.90 Å². The van der Waals surface area contributed by atoms with Gasteiger partial charge in [-0.05, 0) is 48.4 Å². The molecular formula is C22H22BrNO5. The number of methoxy groups -OCH3 is 2. The summed E-state index contributed by atoms with van der Waals surface area (Å²) in [5.74, 6) is -0.882. The summed E-state index contributed by atoms with van der Waals surface area (Å²) in [7, 11) is 3.14. The Balaban J connectivity index is 2.09. The molecule has 0 bridgehead atoms. The first-order valence-corrected chi connectivity index (χ1v) is 9.94. The van der Waals surface area contributed by atoms with Gasteiger partial charge in [0.05, 0.1) is 18.7 Å². The van der Waals surface area contributed by atoms with Gasteiger partial charge in [-0.25, -0.2) is 0 Å². The van der Waals surface area contributed by atoms with Crippen LogP contribution in [0.2, 0.25) is 0 Å². The highest BCUT2D eigenvalue weighted by molar-refractivity contribution is 9.10. The van der Waals surface area contributed by atoms with Crippen LogP contribution < -0.4 is 4.74 Å². The van der Waals surface area contributed by atoms with Crippen LogP contribution in [0.3, 0.4) is 0 Å². The van der Waals surface area contributed by atoms with Crippen molar-refractivity contribution in [3.05, 3.63) is 69.7 Å². The summed E-state index contributed by atoms with van der Waals surface area (Å²) < 4.78 is 11.1. The number of carbonyl (C=O) groups is 2. The molecule has 3 rings (SSSR count). The van der Waals surface area contributed by atoms with Crippen molar-refractivity contribution in [2.45, 2.75) is 12.5 Å². The largest absolute Gasteiger partial charge is 0.507 e. The minimum absolute atomic E-state index is 0.0832. The lowest BCUT2D eigenvalue weighted by Gasteiger charge is -2.25. The monoisotopic (exact) mass is 459 g/mol. The number of nitrogens with zero attached hydrogens (tertiary/aromatic N) is 1. The molecule has 1 aliphatic heterocycles. The lowest BCUT2D eigenvalue weighted by atomic mass is 9.95. The molecule has 1 N–H and O–H groups in total. The Kier molecular flexibility index (Phi) is 6.71. The molecule has 1 heterocycles. The number of aliphatic hydroxyl groups is 1. The van der Waals surface area contributed by atoms with E-state index < -0.39 is 17.7 Å². The Morgan fingerprint density at radius 2 is 1.72 bits per heavy atom. The van der Waals surface area contributed by atoms with Gasteiger partial charge in [-0.3, -0.25) is 9.59 Å². The maximum atomic E-state index is 12.9. The molecule has 7 heteroatoms. The number of likely N-dealkylation sites (tertiary alicyclic amines) is 1. The number of halogens is 1. The second kappa shape index (κ2) is 9.24. The third kappa shape index (κ3) is 4.36. The van der Waals surface area contributed by atoms with Crippen LogP contribution in [0.5, 0.6) is 5.75 Å². The number of carbonyl (C=O) groups excluding carboxylic acids is 2. The molecule has 2 aromatic carbocycles. The van der Waals surface area contributed by atoms with Crippen LogP contribution in [0.4, 0.5) is 0 Å². The second-order valence-electron chi connectivity index (χ2n) is 6.62. The smallest absolute Gasteiger partial charge is 0.295 e. The number of amides is 1. The lowest BCUT2D eigenvalue weighted by Crippen LogP contribution is -2.31. The van der Waals surface area contributed by atoms with E-state index in [0.717, 1.165) is 10.0 Å². The highest BCUT2D eigenvalue weighted by Gasteiger charge is 2.45. The Labute approximate surface area is 177 Å². The van der Waals surface area contributed by atoms with E-state index in [2.05, 4.69) is 15.9 Å². The Hall–Kier alpha value is -2.64. The zero-order valence-corrected chi connectivity index (χ0v) is 17.8.